The van der Waals surface area contributed by atoms with E-state index in [2.05, 4.69) is 26.1 Å². The van der Waals surface area contributed by atoms with Crippen LogP contribution in [0.5, 0.6) is 11.5 Å². The lowest BCUT2D eigenvalue weighted by molar-refractivity contribution is 0.0690. The smallest absolute Gasteiger partial charge is 0.353 e. The highest BCUT2D eigenvalue weighted by molar-refractivity contribution is 9.10. The molecule has 0 saturated carbocycles. The summed E-state index contributed by atoms with van der Waals surface area (Å²) in [5, 5.41) is 15.5. The molecule has 7 heteroatoms. The monoisotopic (exact) mass is 354 g/mol. The third-order valence-corrected chi connectivity index (χ3v) is 3.34. The van der Waals surface area contributed by atoms with Crippen LogP contribution in [-0.2, 0) is 0 Å². The van der Waals surface area contributed by atoms with E-state index in [0.717, 1.165) is 4.47 Å². The summed E-state index contributed by atoms with van der Waals surface area (Å²) in [6, 6.07) is 5.03. The minimum atomic E-state index is -1.06. The zero-order valence-electron chi connectivity index (χ0n) is 11.6. The molecule has 6 nitrogen and oxygen atoms in total. The number of nitrogens with one attached hydrogen (secondary N) is 1. The number of H-pyrrole nitrogens is 1. The molecule has 0 unspecified atom stereocenters. The summed E-state index contributed by atoms with van der Waals surface area (Å²) in [5.41, 5.74) is 1.19. The Morgan fingerprint density at radius 1 is 1.24 bits per heavy atom. The number of hydrogen-bond acceptors (Lipinski definition) is 4. The number of carboxylic acid groups (broad SMARTS) is 1. The molecule has 0 aliphatic rings. The molecule has 0 amide bonds. The minimum Gasteiger partial charge on any atom is -0.493 e. The van der Waals surface area contributed by atoms with Crippen molar-refractivity contribution in [3.63, 3.8) is 0 Å². The number of aromatic nitrogens is 2. The van der Waals surface area contributed by atoms with E-state index in [1.165, 1.54) is 6.07 Å². The van der Waals surface area contributed by atoms with Crippen molar-refractivity contribution in [3.8, 4) is 22.8 Å². The van der Waals surface area contributed by atoms with Gasteiger partial charge in [0.2, 0.25) is 0 Å². The van der Waals surface area contributed by atoms with Crippen LogP contribution in [0.3, 0.4) is 0 Å². The maximum atomic E-state index is 10.9. The van der Waals surface area contributed by atoms with Crippen LogP contribution in [-0.4, -0.2) is 34.5 Å². The van der Waals surface area contributed by atoms with Gasteiger partial charge in [0, 0.05) is 5.56 Å². The average Bonchev–Trinajstić information content (AvgIpc) is 2.92. The topological polar surface area (TPSA) is 84.4 Å². The normalized spacial score (nSPS) is 10.4. The van der Waals surface area contributed by atoms with Gasteiger partial charge in [-0.3, -0.25) is 5.10 Å². The van der Waals surface area contributed by atoms with E-state index in [0.29, 0.717) is 36.0 Å². The lowest BCUT2D eigenvalue weighted by Gasteiger charge is -2.13. The van der Waals surface area contributed by atoms with Crippen molar-refractivity contribution in [2.75, 3.05) is 13.2 Å². The van der Waals surface area contributed by atoms with Crippen LogP contribution in [0.4, 0.5) is 0 Å². The molecule has 1 aromatic heterocycles. The first kappa shape index (κ1) is 15.4. The van der Waals surface area contributed by atoms with E-state index in [1.807, 2.05) is 13.8 Å². The Hall–Kier alpha value is -2.02. The first-order valence-corrected chi connectivity index (χ1v) is 7.24. The van der Waals surface area contributed by atoms with E-state index in [9.17, 15) is 4.79 Å². The molecule has 0 saturated heterocycles. The number of hydrogen-bond donors (Lipinski definition) is 2. The Labute approximate surface area is 130 Å². The largest absolute Gasteiger partial charge is 0.493 e. The molecule has 0 atom stereocenters. The van der Waals surface area contributed by atoms with Crippen molar-refractivity contribution in [2.45, 2.75) is 13.8 Å². The second kappa shape index (κ2) is 6.62. The molecular formula is C14H15BrN2O4. The van der Waals surface area contributed by atoms with Crippen molar-refractivity contribution in [3.05, 3.63) is 28.4 Å². The standard InChI is InChI=1S/C14H15BrN2O4/c1-3-20-12-6-9(15)13(21-4-2)5-8(12)10-7-11(14(18)19)17-16-10/h5-7H,3-4H2,1-2H3,(H,16,17)(H,18,19). The quantitative estimate of drug-likeness (QED) is 0.830. The van der Waals surface area contributed by atoms with Gasteiger partial charge in [0.15, 0.2) is 0 Å². The SMILES string of the molecule is CCOc1cc(-c2cc(C(=O)O)[nH]n2)c(OCC)cc1Br. The Balaban J connectivity index is 2.51. The van der Waals surface area contributed by atoms with Gasteiger partial charge in [0.05, 0.1) is 23.4 Å². The third-order valence-electron chi connectivity index (χ3n) is 2.72. The molecule has 0 fully saturated rings. The fourth-order valence-electron chi connectivity index (χ4n) is 1.85. The molecule has 0 aliphatic heterocycles. The third kappa shape index (κ3) is 3.36. The highest BCUT2D eigenvalue weighted by atomic mass is 79.9. The second-order valence-corrected chi connectivity index (χ2v) is 4.97. The molecule has 0 aliphatic carbocycles. The number of halogens is 1. The zero-order valence-corrected chi connectivity index (χ0v) is 13.2. The molecule has 1 heterocycles. The Morgan fingerprint density at radius 3 is 2.48 bits per heavy atom. The van der Waals surface area contributed by atoms with Gasteiger partial charge in [-0.1, -0.05) is 0 Å². The van der Waals surface area contributed by atoms with E-state index in [4.69, 9.17) is 14.6 Å². The lowest BCUT2D eigenvalue weighted by atomic mass is 10.1. The molecule has 0 radical (unpaired) electrons. The number of carboxylic acids is 1. The zero-order chi connectivity index (χ0) is 15.4. The number of carbonyl (C=O) groups is 1. The van der Waals surface area contributed by atoms with Crippen LogP contribution in [0, 0.1) is 0 Å². The summed E-state index contributed by atoms with van der Waals surface area (Å²) in [5.74, 6) is 0.195. The first-order chi connectivity index (χ1) is 10.1. The van der Waals surface area contributed by atoms with Crippen LogP contribution >= 0.6 is 15.9 Å². The molecule has 2 aromatic rings. The molecule has 2 rings (SSSR count). The van der Waals surface area contributed by atoms with Gasteiger partial charge in [-0.05, 0) is 48.0 Å². The lowest BCUT2D eigenvalue weighted by Crippen LogP contribution is -1.98. The van der Waals surface area contributed by atoms with Crippen molar-refractivity contribution in [2.24, 2.45) is 0 Å². The number of ether oxygens (including phenoxy) is 2. The number of rotatable bonds is 6. The van der Waals surface area contributed by atoms with E-state index in [-0.39, 0.29) is 5.69 Å². The van der Waals surface area contributed by atoms with Gasteiger partial charge in [-0.2, -0.15) is 5.10 Å². The van der Waals surface area contributed by atoms with Crippen molar-refractivity contribution in [1.29, 1.82) is 0 Å². The fourth-order valence-corrected chi connectivity index (χ4v) is 2.28. The Kier molecular flexibility index (Phi) is 4.85. The van der Waals surface area contributed by atoms with Gasteiger partial charge in [0.1, 0.15) is 17.2 Å². The molecule has 1 aromatic carbocycles. The predicted octanol–water partition coefficient (Wildman–Crippen LogP) is 3.33. The number of aromatic carboxylic acids is 1. The van der Waals surface area contributed by atoms with Crippen LogP contribution < -0.4 is 9.47 Å². The summed E-state index contributed by atoms with van der Waals surface area (Å²) in [4.78, 5) is 10.9. The van der Waals surface area contributed by atoms with E-state index >= 15 is 0 Å². The van der Waals surface area contributed by atoms with Crippen LogP contribution in [0.15, 0.2) is 22.7 Å². The van der Waals surface area contributed by atoms with Crippen LogP contribution in [0.2, 0.25) is 0 Å². The van der Waals surface area contributed by atoms with Crippen LogP contribution in [0.1, 0.15) is 24.3 Å². The molecule has 2 N–H and O–H groups in total. The second-order valence-electron chi connectivity index (χ2n) is 4.12. The summed E-state index contributed by atoms with van der Waals surface area (Å²) >= 11 is 3.43. The molecule has 0 bridgehead atoms. The van der Waals surface area contributed by atoms with Crippen LogP contribution in [0.25, 0.3) is 11.3 Å². The van der Waals surface area contributed by atoms with Crippen molar-refractivity contribution < 1.29 is 19.4 Å². The molecular weight excluding hydrogens is 340 g/mol. The van der Waals surface area contributed by atoms with Gasteiger partial charge >= 0.3 is 5.97 Å². The number of aromatic amines is 1. The number of benzene rings is 1. The maximum Gasteiger partial charge on any atom is 0.353 e. The van der Waals surface area contributed by atoms with Gasteiger partial charge in [-0.25, -0.2) is 4.79 Å². The molecule has 112 valence electrons. The van der Waals surface area contributed by atoms with Crippen molar-refractivity contribution >= 4 is 21.9 Å². The summed E-state index contributed by atoms with van der Waals surface area (Å²) in [6.45, 7) is 4.78. The Bertz CT molecular complexity index is 654. The Morgan fingerprint density at radius 2 is 1.90 bits per heavy atom. The highest BCUT2D eigenvalue weighted by Gasteiger charge is 2.16. The highest BCUT2D eigenvalue weighted by Crippen LogP contribution is 2.38. The van der Waals surface area contributed by atoms with Crippen molar-refractivity contribution in [1.82, 2.24) is 10.2 Å². The van der Waals surface area contributed by atoms with E-state index in [1.54, 1.807) is 12.1 Å². The van der Waals surface area contributed by atoms with E-state index < -0.39 is 5.97 Å². The molecule has 0 spiro atoms. The fraction of sp³-hybridized carbons (Fsp3) is 0.286. The first-order valence-electron chi connectivity index (χ1n) is 6.45. The molecule has 21 heavy (non-hydrogen) atoms. The summed E-state index contributed by atoms with van der Waals surface area (Å²) in [6.07, 6.45) is 0. The van der Waals surface area contributed by atoms with Gasteiger partial charge in [-0.15, -0.1) is 0 Å². The summed E-state index contributed by atoms with van der Waals surface area (Å²) < 4.78 is 11.9. The minimum absolute atomic E-state index is 0.0216. The predicted molar refractivity (Wildman–Crippen MR) is 81.0 cm³/mol. The summed E-state index contributed by atoms with van der Waals surface area (Å²) in [7, 11) is 0. The van der Waals surface area contributed by atoms with Gasteiger partial charge < -0.3 is 14.6 Å². The number of nitrogens with zero attached hydrogens (tertiary/aromatic N) is 1. The maximum absolute atomic E-state index is 10.9. The average molecular weight is 355 g/mol. The van der Waals surface area contributed by atoms with Gasteiger partial charge in [0.25, 0.3) is 0 Å².